The van der Waals surface area contributed by atoms with Gasteiger partial charge < -0.3 is 10.0 Å². The molecule has 1 saturated heterocycles. The van der Waals surface area contributed by atoms with Crippen LogP contribution in [0.25, 0.3) is 0 Å². The maximum Gasteiger partial charge on any atom is 0.311 e. The van der Waals surface area contributed by atoms with Crippen molar-refractivity contribution in [2.75, 3.05) is 18.0 Å². The lowest BCUT2D eigenvalue weighted by Crippen LogP contribution is -2.46. The Morgan fingerprint density at radius 1 is 1.50 bits per heavy atom. The Morgan fingerprint density at radius 3 is 2.83 bits per heavy atom. The average Bonchev–Trinajstić information content (AvgIpc) is 2.28. The molecule has 2 rings (SSSR count). The van der Waals surface area contributed by atoms with Crippen LogP contribution in [0.3, 0.4) is 0 Å². The predicted octanol–water partition coefficient (Wildman–Crippen LogP) is 3.34. The maximum atomic E-state index is 11.3. The number of benzene rings is 1. The van der Waals surface area contributed by atoms with E-state index in [2.05, 4.69) is 4.90 Å². The van der Waals surface area contributed by atoms with Gasteiger partial charge in [-0.05, 0) is 50.5 Å². The van der Waals surface area contributed by atoms with E-state index in [9.17, 15) is 9.90 Å². The molecule has 1 aliphatic heterocycles. The number of rotatable bonds is 2. The lowest BCUT2D eigenvalue weighted by molar-refractivity contribution is -0.148. The molecule has 0 amide bonds. The number of nitrogens with zero attached hydrogens (tertiary/aromatic N) is 1. The first-order valence-electron chi connectivity index (χ1n) is 6.17. The van der Waals surface area contributed by atoms with Crippen molar-refractivity contribution in [3.8, 4) is 0 Å². The minimum Gasteiger partial charge on any atom is -0.481 e. The summed E-state index contributed by atoms with van der Waals surface area (Å²) in [6.45, 7) is 5.30. The van der Waals surface area contributed by atoms with Gasteiger partial charge in [0.15, 0.2) is 0 Å². The molecule has 4 heteroatoms. The monoisotopic (exact) mass is 267 g/mol. The van der Waals surface area contributed by atoms with Gasteiger partial charge in [-0.25, -0.2) is 0 Å². The molecule has 1 aromatic rings. The van der Waals surface area contributed by atoms with Gasteiger partial charge in [0.2, 0.25) is 0 Å². The van der Waals surface area contributed by atoms with Gasteiger partial charge in [0.05, 0.1) is 5.41 Å². The molecule has 1 atom stereocenters. The Kier molecular flexibility index (Phi) is 3.53. The molecule has 18 heavy (non-hydrogen) atoms. The minimum absolute atomic E-state index is 0.560. The highest BCUT2D eigenvalue weighted by atomic mass is 35.5. The smallest absolute Gasteiger partial charge is 0.311 e. The number of hydrogen-bond acceptors (Lipinski definition) is 2. The summed E-state index contributed by atoms with van der Waals surface area (Å²) in [7, 11) is 0. The fourth-order valence-corrected chi connectivity index (χ4v) is 2.82. The van der Waals surface area contributed by atoms with E-state index in [0.717, 1.165) is 30.6 Å². The first kappa shape index (κ1) is 13.2. The Balaban J connectivity index is 2.26. The zero-order chi connectivity index (χ0) is 13.3. The van der Waals surface area contributed by atoms with Crippen molar-refractivity contribution in [2.24, 2.45) is 5.41 Å². The van der Waals surface area contributed by atoms with Crippen LogP contribution in [-0.4, -0.2) is 24.2 Å². The number of aryl methyl sites for hydroxylation is 1. The zero-order valence-corrected chi connectivity index (χ0v) is 11.5. The highest BCUT2D eigenvalue weighted by molar-refractivity contribution is 6.30. The third-order valence-corrected chi connectivity index (χ3v) is 3.95. The number of anilines is 1. The molecular formula is C14H18ClNO2. The second-order valence-electron chi connectivity index (χ2n) is 5.32. The largest absolute Gasteiger partial charge is 0.481 e. The lowest BCUT2D eigenvalue weighted by atomic mass is 9.81. The van der Waals surface area contributed by atoms with Gasteiger partial charge in [0.25, 0.3) is 0 Å². The number of hydrogen-bond donors (Lipinski definition) is 1. The fourth-order valence-electron chi connectivity index (χ4n) is 2.59. The Labute approximate surface area is 112 Å². The van der Waals surface area contributed by atoms with Crippen LogP contribution in [0, 0.1) is 12.3 Å². The number of piperidine rings is 1. The van der Waals surface area contributed by atoms with E-state index < -0.39 is 11.4 Å². The first-order valence-corrected chi connectivity index (χ1v) is 6.55. The van der Waals surface area contributed by atoms with Crippen LogP contribution in [-0.2, 0) is 4.79 Å². The molecule has 1 heterocycles. The number of carbonyl (C=O) groups is 1. The van der Waals surface area contributed by atoms with Crippen molar-refractivity contribution >= 4 is 23.3 Å². The second-order valence-corrected chi connectivity index (χ2v) is 5.76. The van der Waals surface area contributed by atoms with Gasteiger partial charge in [-0.15, -0.1) is 0 Å². The molecule has 3 nitrogen and oxygen atoms in total. The molecule has 0 spiro atoms. The van der Waals surface area contributed by atoms with Crippen LogP contribution in [0.5, 0.6) is 0 Å². The lowest BCUT2D eigenvalue weighted by Gasteiger charge is -2.39. The van der Waals surface area contributed by atoms with E-state index in [4.69, 9.17) is 11.6 Å². The Hall–Kier alpha value is -1.22. The van der Waals surface area contributed by atoms with Crippen LogP contribution in [0.2, 0.25) is 5.02 Å². The molecule has 1 fully saturated rings. The zero-order valence-electron chi connectivity index (χ0n) is 10.7. The normalized spacial score (nSPS) is 24.1. The minimum atomic E-state index is -0.709. The van der Waals surface area contributed by atoms with Gasteiger partial charge >= 0.3 is 5.97 Å². The standard InChI is InChI=1S/C14H18ClNO2/c1-10-8-11(15)4-5-12(10)16-7-3-6-14(2,9-16)13(17)18/h4-5,8H,3,6-7,9H2,1-2H3,(H,17,18). The molecule has 0 aliphatic carbocycles. The Bertz CT molecular complexity index is 475. The maximum absolute atomic E-state index is 11.3. The van der Waals surface area contributed by atoms with Crippen LogP contribution < -0.4 is 4.90 Å². The van der Waals surface area contributed by atoms with Crippen LogP contribution >= 0.6 is 11.6 Å². The first-order chi connectivity index (χ1) is 8.42. The van der Waals surface area contributed by atoms with Gasteiger partial charge in [0.1, 0.15) is 0 Å². The van der Waals surface area contributed by atoms with E-state index >= 15 is 0 Å². The van der Waals surface area contributed by atoms with Crippen molar-refractivity contribution in [3.63, 3.8) is 0 Å². The Morgan fingerprint density at radius 2 is 2.22 bits per heavy atom. The van der Waals surface area contributed by atoms with Gasteiger partial charge in [-0.1, -0.05) is 11.6 Å². The quantitative estimate of drug-likeness (QED) is 0.893. The van der Waals surface area contributed by atoms with Crippen LogP contribution in [0.4, 0.5) is 5.69 Å². The molecule has 1 aromatic carbocycles. The van der Waals surface area contributed by atoms with Crippen molar-refractivity contribution in [3.05, 3.63) is 28.8 Å². The summed E-state index contributed by atoms with van der Waals surface area (Å²) in [5.41, 5.74) is 1.54. The highest BCUT2D eigenvalue weighted by Gasteiger charge is 2.38. The topological polar surface area (TPSA) is 40.5 Å². The third kappa shape index (κ3) is 2.46. The summed E-state index contributed by atoms with van der Waals surface area (Å²) in [6, 6.07) is 5.76. The molecule has 1 N–H and O–H groups in total. The summed E-state index contributed by atoms with van der Waals surface area (Å²) in [5, 5.41) is 10.0. The molecule has 0 radical (unpaired) electrons. The average molecular weight is 268 g/mol. The van der Waals surface area contributed by atoms with E-state index in [0.29, 0.717) is 11.6 Å². The van der Waals surface area contributed by atoms with Crippen molar-refractivity contribution in [1.29, 1.82) is 0 Å². The number of carboxylic acids is 1. The molecular weight excluding hydrogens is 250 g/mol. The van der Waals surface area contributed by atoms with Gasteiger partial charge in [-0.2, -0.15) is 0 Å². The van der Waals surface area contributed by atoms with Gasteiger partial charge in [0, 0.05) is 23.8 Å². The molecule has 0 bridgehead atoms. The summed E-state index contributed by atoms with van der Waals surface area (Å²) in [5.74, 6) is -0.709. The van der Waals surface area contributed by atoms with E-state index in [1.807, 2.05) is 32.0 Å². The van der Waals surface area contributed by atoms with E-state index in [1.165, 1.54) is 0 Å². The van der Waals surface area contributed by atoms with E-state index in [1.54, 1.807) is 0 Å². The van der Waals surface area contributed by atoms with Crippen LogP contribution in [0.15, 0.2) is 18.2 Å². The number of aliphatic carboxylic acids is 1. The number of halogens is 1. The van der Waals surface area contributed by atoms with Crippen molar-refractivity contribution in [1.82, 2.24) is 0 Å². The summed E-state index contributed by atoms with van der Waals surface area (Å²) >= 11 is 5.95. The third-order valence-electron chi connectivity index (χ3n) is 3.71. The number of carboxylic acid groups (broad SMARTS) is 1. The summed E-state index contributed by atoms with van der Waals surface area (Å²) in [4.78, 5) is 13.5. The van der Waals surface area contributed by atoms with Gasteiger partial charge in [-0.3, -0.25) is 4.79 Å². The fraction of sp³-hybridized carbons (Fsp3) is 0.500. The van der Waals surface area contributed by atoms with Crippen molar-refractivity contribution < 1.29 is 9.90 Å². The summed E-state index contributed by atoms with van der Waals surface area (Å²) in [6.07, 6.45) is 1.65. The van der Waals surface area contributed by atoms with Crippen molar-refractivity contribution in [2.45, 2.75) is 26.7 Å². The van der Waals surface area contributed by atoms with Crippen LogP contribution in [0.1, 0.15) is 25.3 Å². The molecule has 0 aromatic heterocycles. The molecule has 1 unspecified atom stereocenters. The molecule has 0 saturated carbocycles. The predicted molar refractivity (Wildman–Crippen MR) is 73.4 cm³/mol. The molecule has 98 valence electrons. The summed E-state index contributed by atoms with van der Waals surface area (Å²) < 4.78 is 0. The second kappa shape index (κ2) is 4.81. The molecule has 1 aliphatic rings. The highest BCUT2D eigenvalue weighted by Crippen LogP contribution is 2.34. The van der Waals surface area contributed by atoms with E-state index in [-0.39, 0.29) is 0 Å². The SMILES string of the molecule is Cc1cc(Cl)ccc1N1CCCC(C)(C(=O)O)C1.